The average Bonchev–Trinajstić information content (AvgIpc) is 2.29. The summed E-state index contributed by atoms with van der Waals surface area (Å²) in [5, 5.41) is 0. The second kappa shape index (κ2) is 4.36. The van der Waals surface area contributed by atoms with Crippen LogP contribution in [0, 0.1) is 11.3 Å². The molecule has 2 atom stereocenters. The maximum Gasteiger partial charge on any atom is 0.0272 e. The largest absolute Gasteiger partial charge is 0.161 e. The van der Waals surface area contributed by atoms with Crippen LogP contribution in [0.15, 0.2) is 0 Å². The van der Waals surface area contributed by atoms with Gasteiger partial charge in [0.15, 0.2) is 0 Å². The molecule has 0 spiro atoms. The minimum Gasteiger partial charge on any atom is -0.161 e. The van der Waals surface area contributed by atoms with E-state index in [0.717, 1.165) is 10.7 Å². The van der Waals surface area contributed by atoms with Crippen molar-refractivity contribution in [3.8, 4) is 0 Å². The monoisotopic (exact) mass is 250 g/mol. The van der Waals surface area contributed by atoms with Gasteiger partial charge in [0, 0.05) is 10.6 Å². The molecule has 0 aromatic carbocycles. The summed E-state index contributed by atoms with van der Waals surface area (Å²) in [5.74, 6) is 3.61. The number of thioether (sulfide) groups is 1. The predicted molar refractivity (Wildman–Crippen MR) is 62.2 cm³/mol. The molecular weight excluding hydrogens is 232 g/mol. The topological polar surface area (TPSA) is 0 Å². The number of hydrogen-bond donors (Lipinski definition) is 0. The first-order valence-corrected chi connectivity index (χ1v) is 6.78. The zero-order valence-corrected chi connectivity index (χ0v) is 10.7. The van der Waals surface area contributed by atoms with Gasteiger partial charge in [0.1, 0.15) is 0 Å². The van der Waals surface area contributed by atoms with Crippen LogP contribution in [-0.4, -0.2) is 16.3 Å². The number of hydrogen-bond acceptors (Lipinski definition) is 1. The lowest BCUT2D eigenvalue weighted by molar-refractivity contribution is 0.335. The predicted octanol–water partition coefficient (Wildman–Crippen LogP) is 3.94. The number of rotatable bonds is 2. The van der Waals surface area contributed by atoms with Gasteiger partial charge in [-0.05, 0) is 29.9 Å². The molecule has 0 nitrogen and oxygen atoms in total. The summed E-state index contributed by atoms with van der Waals surface area (Å²) in [6.07, 6.45) is 2.76. The molecule has 1 saturated heterocycles. The molecule has 1 aliphatic heterocycles. The molecule has 1 aliphatic rings. The Hall–Kier alpha value is 0.830. The van der Waals surface area contributed by atoms with E-state index in [9.17, 15) is 0 Å². The van der Waals surface area contributed by atoms with E-state index in [1.807, 2.05) is 0 Å². The molecule has 2 unspecified atom stereocenters. The minimum absolute atomic E-state index is 0.514. The van der Waals surface area contributed by atoms with E-state index in [4.69, 9.17) is 0 Å². The van der Waals surface area contributed by atoms with Gasteiger partial charge in [-0.1, -0.05) is 36.7 Å². The highest BCUT2D eigenvalue weighted by Gasteiger charge is 2.26. The number of halogens is 1. The highest BCUT2D eigenvalue weighted by Crippen LogP contribution is 2.35. The summed E-state index contributed by atoms with van der Waals surface area (Å²) in [4.78, 5) is 0.782. The fraction of sp³-hybridized carbons (Fsp3) is 1.00. The molecule has 2 heteroatoms. The second-order valence-electron chi connectivity index (χ2n) is 4.91. The fourth-order valence-electron chi connectivity index (χ4n) is 1.46. The summed E-state index contributed by atoms with van der Waals surface area (Å²) in [7, 11) is 0. The van der Waals surface area contributed by atoms with E-state index >= 15 is 0 Å². The van der Waals surface area contributed by atoms with Crippen LogP contribution in [0.1, 0.15) is 33.6 Å². The summed E-state index contributed by atoms with van der Waals surface area (Å²) >= 11 is 5.85. The highest BCUT2D eigenvalue weighted by molar-refractivity contribution is 9.09. The highest BCUT2D eigenvalue weighted by atomic mass is 79.9. The van der Waals surface area contributed by atoms with Gasteiger partial charge in [0.2, 0.25) is 0 Å². The van der Waals surface area contributed by atoms with Crippen LogP contribution in [0.3, 0.4) is 0 Å². The van der Waals surface area contributed by atoms with E-state index < -0.39 is 0 Å². The molecule has 1 rings (SSSR count). The molecule has 0 aromatic rings. The lowest BCUT2D eigenvalue weighted by Crippen LogP contribution is -2.15. The van der Waals surface area contributed by atoms with Crippen molar-refractivity contribution >= 4 is 27.7 Å². The molecule has 1 heterocycles. The first kappa shape index (κ1) is 10.9. The first-order valence-electron chi connectivity index (χ1n) is 4.71. The van der Waals surface area contributed by atoms with Crippen molar-refractivity contribution in [3.63, 3.8) is 0 Å². The van der Waals surface area contributed by atoms with Crippen molar-refractivity contribution in [3.05, 3.63) is 0 Å². The van der Waals surface area contributed by atoms with Crippen molar-refractivity contribution in [2.24, 2.45) is 11.3 Å². The fourth-order valence-corrected chi connectivity index (χ4v) is 4.05. The van der Waals surface area contributed by atoms with Gasteiger partial charge in [-0.2, -0.15) is 11.8 Å². The Bertz CT molecular complexity index is 139. The van der Waals surface area contributed by atoms with Crippen LogP contribution in [0.25, 0.3) is 0 Å². The summed E-state index contributed by atoms with van der Waals surface area (Å²) in [6, 6.07) is 0. The maximum atomic E-state index is 3.75. The Labute approximate surface area is 89.0 Å². The van der Waals surface area contributed by atoms with E-state index in [1.165, 1.54) is 24.3 Å². The van der Waals surface area contributed by atoms with Gasteiger partial charge >= 0.3 is 0 Å². The number of alkyl halides is 1. The quantitative estimate of drug-likeness (QED) is 0.670. The second-order valence-corrected chi connectivity index (χ2v) is 7.16. The van der Waals surface area contributed by atoms with Crippen molar-refractivity contribution in [1.29, 1.82) is 0 Å². The van der Waals surface area contributed by atoms with Crippen molar-refractivity contribution in [1.82, 2.24) is 0 Å². The van der Waals surface area contributed by atoms with Crippen molar-refractivity contribution in [2.45, 2.75) is 38.4 Å². The molecule has 0 radical (unpaired) electrons. The standard InChI is InChI=1S/C10H19BrS/c1-10(2,3)5-4-8-6-12-7-9(8)11/h8-9H,4-7H2,1-3H3. The van der Waals surface area contributed by atoms with Crippen LogP contribution in [-0.2, 0) is 0 Å². The normalized spacial score (nSPS) is 31.0. The van der Waals surface area contributed by atoms with Gasteiger partial charge in [0.05, 0.1) is 0 Å². The van der Waals surface area contributed by atoms with Gasteiger partial charge in [-0.25, -0.2) is 0 Å². The van der Waals surface area contributed by atoms with Gasteiger partial charge < -0.3 is 0 Å². The van der Waals surface area contributed by atoms with Crippen LogP contribution in [0.4, 0.5) is 0 Å². The first-order chi connectivity index (χ1) is 5.49. The molecule has 1 fully saturated rings. The van der Waals surface area contributed by atoms with Crippen LogP contribution in [0.5, 0.6) is 0 Å². The Morgan fingerprint density at radius 3 is 2.42 bits per heavy atom. The van der Waals surface area contributed by atoms with E-state index in [1.54, 1.807) is 0 Å². The van der Waals surface area contributed by atoms with Crippen LogP contribution in [0.2, 0.25) is 0 Å². The Balaban J connectivity index is 2.23. The smallest absolute Gasteiger partial charge is 0.0272 e. The third kappa shape index (κ3) is 3.69. The Morgan fingerprint density at radius 1 is 1.33 bits per heavy atom. The molecule has 0 bridgehead atoms. The SMILES string of the molecule is CC(C)(C)CCC1CSCC1Br. The van der Waals surface area contributed by atoms with E-state index in [0.29, 0.717) is 5.41 Å². The molecule has 0 amide bonds. The van der Waals surface area contributed by atoms with E-state index in [2.05, 4.69) is 48.5 Å². The molecule has 0 aromatic heterocycles. The molecular formula is C10H19BrS. The Kier molecular flexibility index (Phi) is 3.97. The third-order valence-corrected chi connectivity index (χ3v) is 5.14. The average molecular weight is 251 g/mol. The molecule has 72 valence electrons. The minimum atomic E-state index is 0.514. The van der Waals surface area contributed by atoms with Gasteiger partial charge in [-0.15, -0.1) is 0 Å². The molecule has 12 heavy (non-hydrogen) atoms. The third-order valence-electron chi connectivity index (χ3n) is 2.39. The zero-order chi connectivity index (χ0) is 9.19. The lowest BCUT2D eigenvalue weighted by atomic mass is 9.86. The van der Waals surface area contributed by atoms with Crippen LogP contribution < -0.4 is 0 Å². The maximum absolute atomic E-state index is 3.75. The zero-order valence-electron chi connectivity index (χ0n) is 8.27. The van der Waals surface area contributed by atoms with Gasteiger partial charge in [-0.3, -0.25) is 0 Å². The van der Waals surface area contributed by atoms with Crippen LogP contribution >= 0.6 is 27.7 Å². The molecule has 0 aliphatic carbocycles. The van der Waals surface area contributed by atoms with Crippen molar-refractivity contribution < 1.29 is 0 Å². The lowest BCUT2D eigenvalue weighted by Gasteiger charge is -2.21. The van der Waals surface area contributed by atoms with Gasteiger partial charge in [0.25, 0.3) is 0 Å². The van der Waals surface area contributed by atoms with E-state index in [-0.39, 0.29) is 0 Å². The van der Waals surface area contributed by atoms with Crippen molar-refractivity contribution in [2.75, 3.05) is 11.5 Å². The Morgan fingerprint density at radius 2 is 2.00 bits per heavy atom. The summed E-state index contributed by atoms with van der Waals surface area (Å²) < 4.78 is 0. The summed E-state index contributed by atoms with van der Waals surface area (Å²) in [6.45, 7) is 7.00. The molecule has 0 saturated carbocycles. The molecule has 0 N–H and O–H groups in total. The summed E-state index contributed by atoms with van der Waals surface area (Å²) in [5.41, 5.74) is 0.514.